The first kappa shape index (κ1) is 11.9. The van der Waals surface area contributed by atoms with Gasteiger partial charge in [-0.25, -0.2) is 4.79 Å². The first-order valence-corrected chi connectivity index (χ1v) is 6.33. The molecule has 0 aromatic heterocycles. The molecular weight excluding hydrogens is 246 g/mol. The van der Waals surface area contributed by atoms with Crippen LogP contribution in [0.3, 0.4) is 0 Å². The molecule has 1 saturated heterocycles. The molecule has 1 aliphatic carbocycles. The molecule has 3 rings (SSSR count). The van der Waals surface area contributed by atoms with Crippen LogP contribution in [0, 0.1) is 0 Å². The van der Waals surface area contributed by atoms with Gasteiger partial charge in [0.2, 0.25) is 0 Å². The van der Waals surface area contributed by atoms with Gasteiger partial charge in [-0.15, -0.1) is 5.06 Å². The molecule has 2 fully saturated rings. The van der Waals surface area contributed by atoms with Crippen LogP contribution in [0.15, 0.2) is 24.3 Å². The molecule has 1 heterocycles. The number of hydroxylamine groups is 2. The van der Waals surface area contributed by atoms with Crippen LogP contribution in [0.5, 0.6) is 0 Å². The average Bonchev–Trinajstić information content (AvgIpc) is 3.22. The van der Waals surface area contributed by atoms with Crippen molar-refractivity contribution >= 4 is 17.8 Å². The van der Waals surface area contributed by atoms with E-state index in [2.05, 4.69) is 0 Å². The molecule has 1 aromatic carbocycles. The van der Waals surface area contributed by atoms with Gasteiger partial charge >= 0.3 is 5.97 Å². The predicted octanol–water partition coefficient (Wildman–Crippen LogP) is 1.78. The molecular formula is C14H13NO4. The van der Waals surface area contributed by atoms with Crippen molar-refractivity contribution < 1.29 is 19.2 Å². The van der Waals surface area contributed by atoms with E-state index in [4.69, 9.17) is 4.84 Å². The summed E-state index contributed by atoms with van der Waals surface area (Å²) in [5, 5.41) is 0.576. The molecule has 1 aromatic rings. The zero-order valence-electron chi connectivity index (χ0n) is 10.3. The molecule has 2 aliphatic rings. The number of hydrogen-bond donors (Lipinski definition) is 0. The lowest BCUT2D eigenvalue weighted by atomic mass is 10.1. The van der Waals surface area contributed by atoms with Crippen LogP contribution in [0.2, 0.25) is 0 Å². The molecule has 1 saturated carbocycles. The largest absolute Gasteiger partial charge is 0.363 e. The van der Waals surface area contributed by atoms with Crippen molar-refractivity contribution in [3.8, 4) is 0 Å². The lowest BCUT2D eigenvalue weighted by Gasteiger charge is -2.12. The minimum absolute atomic E-state index is 0.105. The van der Waals surface area contributed by atoms with Crippen molar-refractivity contribution in [2.75, 3.05) is 0 Å². The molecule has 0 spiro atoms. The summed E-state index contributed by atoms with van der Waals surface area (Å²) in [5.41, 5.74) is 1.48. The summed E-state index contributed by atoms with van der Waals surface area (Å²) in [6, 6.07) is 7.16. The van der Waals surface area contributed by atoms with Gasteiger partial charge in [0.05, 0.1) is 5.56 Å². The Hall–Kier alpha value is -2.17. The Balaban J connectivity index is 1.74. The molecule has 5 heteroatoms. The third-order valence-corrected chi connectivity index (χ3v) is 3.35. The Morgan fingerprint density at radius 3 is 2.47 bits per heavy atom. The van der Waals surface area contributed by atoms with E-state index in [1.807, 2.05) is 6.07 Å². The van der Waals surface area contributed by atoms with Crippen LogP contribution in [-0.4, -0.2) is 22.8 Å². The topological polar surface area (TPSA) is 63.7 Å². The summed E-state index contributed by atoms with van der Waals surface area (Å²) in [6.45, 7) is 0. The van der Waals surface area contributed by atoms with Gasteiger partial charge < -0.3 is 4.84 Å². The zero-order chi connectivity index (χ0) is 13.4. The Bertz CT molecular complexity index is 546. The van der Waals surface area contributed by atoms with Crippen LogP contribution in [0.1, 0.15) is 47.5 Å². The van der Waals surface area contributed by atoms with Crippen molar-refractivity contribution in [1.82, 2.24) is 5.06 Å². The maximum Gasteiger partial charge on any atom is 0.363 e. The van der Waals surface area contributed by atoms with Crippen molar-refractivity contribution in [2.45, 2.75) is 31.6 Å². The minimum atomic E-state index is -0.661. The lowest BCUT2D eigenvalue weighted by Crippen LogP contribution is -2.32. The monoisotopic (exact) mass is 259 g/mol. The third kappa shape index (κ3) is 2.36. The fourth-order valence-corrected chi connectivity index (χ4v) is 2.13. The summed E-state index contributed by atoms with van der Waals surface area (Å²) < 4.78 is 0. The number of benzene rings is 1. The van der Waals surface area contributed by atoms with Gasteiger partial charge in [-0.3, -0.25) is 9.59 Å². The van der Waals surface area contributed by atoms with Crippen LogP contribution in [0.4, 0.5) is 0 Å². The van der Waals surface area contributed by atoms with Gasteiger partial charge in [0, 0.05) is 12.8 Å². The SMILES string of the molecule is O=C(ON1C(=O)CCC1=O)c1cccc(C2CC2)c1. The molecule has 0 bridgehead atoms. The zero-order valence-corrected chi connectivity index (χ0v) is 10.3. The predicted molar refractivity (Wildman–Crippen MR) is 64.9 cm³/mol. The summed E-state index contributed by atoms with van der Waals surface area (Å²) in [5.74, 6) is -1.05. The number of amides is 2. The second-order valence-corrected chi connectivity index (χ2v) is 4.86. The van der Waals surface area contributed by atoms with Crippen LogP contribution in [-0.2, 0) is 14.4 Å². The fourth-order valence-electron chi connectivity index (χ4n) is 2.13. The van der Waals surface area contributed by atoms with Gasteiger partial charge in [0.15, 0.2) is 0 Å². The highest BCUT2D eigenvalue weighted by atomic mass is 16.7. The first-order chi connectivity index (χ1) is 9.15. The van der Waals surface area contributed by atoms with Gasteiger partial charge in [0.1, 0.15) is 0 Å². The first-order valence-electron chi connectivity index (χ1n) is 6.33. The van der Waals surface area contributed by atoms with E-state index in [1.165, 1.54) is 0 Å². The van der Waals surface area contributed by atoms with Gasteiger partial charge in [-0.05, 0) is 36.5 Å². The number of carbonyl (C=O) groups is 3. The van der Waals surface area contributed by atoms with Gasteiger partial charge in [0.25, 0.3) is 11.8 Å². The van der Waals surface area contributed by atoms with Gasteiger partial charge in [-0.1, -0.05) is 12.1 Å². The van der Waals surface area contributed by atoms with E-state index in [0.717, 1.165) is 18.4 Å². The van der Waals surface area contributed by atoms with E-state index in [-0.39, 0.29) is 12.8 Å². The Labute approximate surface area is 110 Å². The number of carbonyl (C=O) groups excluding carboxylic acids is 3. The smallest absolute Gasteiger partial charge is 0.325 e. The van der Waals surface area contributed by atoms with E-state index >= 15 is 0 Å². The summed E-state index contributed by atoms with van der Waals surface area (Å²) in [6.07, 6.45) is 2.49. The highest BCUT2D eigenvalue weighted by Crippen LogP contribution is 2.40. The lowest BCUT2D eigenvalue weighted by molar-refractivity contribution is -0.172. The highest BCUT2D eigenvalue weighted by Gasteiger charge is 2.33. The Morgan fingerprint density at radius 1 is 1.16 bits per heavy atom. The molecule has 1 aliphatic heterocycles. The molecule has 5 nitrogen and oxygen atoms in total. The fraction of sp³-hybridized carbons (Fsp3) is 0.357. The Morgan fingerprint density at radius 2 is 1.84 bits per heavy atom. The molecule has 98 valence electrons. The number of nitrogens with zero attached hydrogens (tertiary/aromatic N) is 1. The number of rotatable bonds is 3. The standard InChI is InChI=1S/C14H13NO4/c16-12-6-7-13(17)15(12)19-14(18)11-3-1-2-10(8-11)9-4-5-9/h1-3,8-9H,4-7H2. The normalized spacial score (nSPS) is 18.8. The van der Waals surface area contributed by atoms with Crippen molar-refractivity contribution in [3.63, 3.8) is 0 Å². The molecule has 2 amide bonds. The quantitative estimate of drug-likeness (QED) is 0.776. The molecule has 0 atom stereocenters. The summed E-state index contributed by atoms with van der Waals surface area (Å²) in [4.78, 5) is 39.5. The van der Waals surface area contributed by atoms with E-state index in [9.17, 15) is 14.4 Å². The maximum atomic E-state index is 11.9. The van der Waals surface area contributed by atoms with Crippen molar-refractivity contribution in [2.24, 2.45) is 0 Å². The number of hydrogen-bond acceptors (Lipinski definition) is 4. The van der Waals surface area contributed by atoms with Crippen LogP contribution in [0.25, 0.3) is 0 Å². The molecule has 19 heavy (non-hydrogen) atoms. The van der Waals surface area contributed by atoms with Crippen LogP contribution >= 0.6 is 0 Å². The highest BCUT2D eigenvalue weighted by molar-refractivity contribution is 6.02. The van der Waals surface area contributed by atoms with Crippen LogP contribution < -0.4 is 0 Å². The molecule has 0 N–H and O–H groups in total. The number of imide groups is 1. The summed E-state index contributed by atoms with van der Waals surface area (Å²) >= 11 is 0. The molecule has 0 unspecified atom stereocenters. The molecule has 0 radical (unpaired) electrons. The van der Waals surface area contributed by atoms with Gasteiger partial charge in [-0.2, -0.15) is 0 Å². The Kier molecular flexibility index (Phi) is 2.81. The van der Waals surface area contributed by atoms with Crippen molar-refractivity contribution in [3.05, 3.63) is 35.4 Å². The van der Waals surface area contributed by atoms with E-state index in [0.29, 0.717) is 16.5 Å². The summed E-state index contributed by atoms with van der Waals surface area (Å²) in [7, 11) is 0. The third-order valence-electron chi connectivity index (χ3n) is 3.35. The van der Waals surface area contributed by atoms with E-state index in [1.54, 1.807) is 18.2 Å². The minimum Gasteiger partial charge on any atom is -0.325 e. The second kappa shape index (κ2) is 4.50. The average molecular weight is 259 g/mol. The second-order valence-electron chi connectivity index (χ2n) is 4.86. The van der Waals surface area contributed by atoms with E-state index < -0.39 is 17.8 Å². The van der Waals surface area contributed by atoms with Crippen molar-refractivity contribution in [1.29, 1.82) is 0 Å². The maximum absolute atomic E-state index is 11.9.